The van der Waals surface area contributed by atoms with E-state index in [1.54, 1.807) is 12.1 Å². The summed E-state index contributed by atoms with van der Waals surface area (Å²) in [4.78, 5) is 39.2. The summed E-state index contributed by atoms with van der Waals surface area (Å²) in [6, 6.07) is 14.4. The molecule has 2 heterocycles. The summed E-state index contributed by atoms with van der Waals surface area (Å²) < 4.78 is 0. The number of benzene rings is 2. The van der Waals surface area contributed by atoms with Crippen LogP contribution in [0.1, 0.15) is 40.9 Å². The minimum absolute atomic E-state index is 0.109. The molecule has 2 aliphatic rings. The van der Waals surface area contributed by atoms with Crippen molar-refractivity contribution in [3.63, 3.8) is 0 Å². The summed E-state index contributed by atoms with van der Waals surface area (Å²) in [5.74, 6) is -0.524. The number of amides is 4. The SMILES string of the molecule is CC(C)C1(c2ccc3c(c2)CNC3=O)NC(=O)N(Cc2ccccc2)C1=O. The van der Waals surface area contributed by atoms with E-state index < -0.39 is 11.6 Å². The first-order chi connectivity index (χ1) is 12.9. The maximum atomic E-state index is 13.4. The van der Waals surface area contributed by atoms with E-state index in [4.69, 9.17) is 0 Å². The molecule has 2 aromatic rings. The van der Waals surface area contributed by atoms with Crippen molar-refractivity contribution in [2.45, 2.75) is 32.5 Å². The molecule has 1 atom stereocenters. The zero-order valence-corrected chi connectivity index (χ0v) is 15.3. The predicted molar refractivity (Wildman–Crippen MR) is 99.7 cm³/mol. The van der Waals surface area contributed by atoms with Crippen molar-refractivity contribution >= 4 is 17.8 Å². The van der Waals surface area contributed by atoms with E-state index in [9.17, 15) is 14.4 Å². The number of urea groups is 1. The Hall–Kier alpha value is -3.15. The highest BCUT2D eigenvalue weighted by atomic mass is 16.2. The fourth-order valence-corrected chi connectivity index (χ4v) is 3.90. The Labute approximate surface area is 157 Å². The maximum absolute atomic E-state index is 13.4. The zero-order chi connectivity index (χ0) is 19.2. The van der Waals surface area contributed by atoms with Crippen LogP contribution in [0.4, 0.5) is 4.79 Å². The van der Waals surface area contributed by atoms with Gasteiger partial charge in [0.25, 0.3) is 11.8 Å². The summed E-state index contributed by atoms with van der Waals surface area (Å²) in [5, 5.41) is 5.72. The third-order valence-electron chi connectivity index (χ3n) is 5.43. The number of hydrogen-bond acceptors (Lipinski definition) is 3. The molecule has 138 valence electrons. The van der Waals surface area contributed by atoms with Crippen LogP contribution in [0, 0.1) is 5.92 Å². The number of fused-ring (bicyclic) bond motifs is 1. The number of nitrogens with one attached hydrogen (secondary N) is 2. The van der Waals surface area contributed by atoms with Crippen molar-refractivity contribution < 1.29 is 14.4 Å². The Bertz CT molecular complexity index is 939. The number of nitrogens with zero attached hydrogens (tertiary/aromatic N) is 1. The zero-order valence-electron chi connectivity index (χ0n) is 15.3. The van der Waals surface area contributed by atoms with Crippen LogP contribution >= 0.6 is 0 Å². The third kappa shape index (κ3) is 2.60. The summed E-state index contributed by atoms with van der Waals surface area (Å²) in [6.07, 6.45) is 0. The first kappa shape index (κ1) is 17.3. The Morgan fingerprint density at radius 2 is 1.81 bits per heavy atom. The van der Waals surface area contributed by atoms with Crippen LogP contribution in [0.3, 0.4) is 0 Å². The molecule has 2 aromatic carbocycles. The van der Waals surface area contributed by atoms with Crippen LogP contribution < -0.4 is 10.6 Å². The van der Waals surface area contributed by atoms with Gasteiger partial charge in [0.05, 0.1) is 6.54 Å². The van der Waals surface area contributed by atoms with Gasteiger partial charge in [0.1, 0.15) is 5.54 Å². The van der Waals surface area contributed by atoms with E-state index in [0.717, 1.165) is 11.1 Å². The lowest BCUT2D eigenvalue weighted by Gasteiger charge is -2.31. The van der Waals surface area contributed by atoms with Gasteiger partial charge in [-0.1, -0.05) is 56.3 Å². The molecule has 4 amide bonds. The lowest BCUT2D eigenvalue weighted by molar-refractivity contribution is -0.133. The highest BCUT2D eigenvalue weighted by Crippen LogP contribution is 2.38. The summed E-state index contributed by atoms with van der Waals surface area (Å²) in [6.45, 7) is 4.50. The van der Waals surface area contributed by atoms with Crippen LogP contribution in [0.25, 0.3) is 0 Å². The summed E-state index contributed by atoms with van der Waals surface area (Å²) >= 11 is 0. The molecular weight excluding hydrogens is 342 g/mol. The Morgan fingerprint density at radius 1 is 1.07 bits per heavy atom. The van der Waals surface area contributed by atoms with E-state index in [1.165, 1.54) is 4.90 Å². The van der Waals surface area contributed by atoms with Crippen LogP contribution in [0.5, 0.6) is 0 Å². The fraction of sp³-hybridized carbons (Fsp3) is 0.286. The van der Waals surface area contributed by atoms with Gasteiger partial charge in [-0.2, -0.15) is 0 Å². The smallest absolute Gasteiger partial charge is 0.325 e. The standard InChI is InChI=1S/C21H21N3O3/c1-13(2)21(16-8-9-17-15(10-16)11-22-18(17)25)19(26)24(20(27)23-21)12-14-6-4-3-5-7-14/h3-10,13H,11-12H2,1-2H3,(H,22,25)(H,23,27). The predicted octanol–water partition coefficient (Wildman–Crippen LogP) is 2.53. The van der Waals surface area contributed by atoms with E-state index in [1.807, 2.05) is 50.2 Å². The first-order valence-corrected chi connectivity index (χ1v) is 9.03. The number of hydrogen-bond donors (Lipinski definition) is 2. The lowest BCUT2D eigenvalue weighted by Crippen LogP contribution is -2.48. The maximum Gasteiger partial charge on any atom is 0.325 e. The quantitative estimate of drug-likeness (QED) is 0.820. The minimum Gasteiger partial charge on any atom is -0.348 e. The summed E-state index contributed by atoms with van der Waals surface area (Å²) in [5.41, 5.74) is 1.94. The monoisotopic (exact) mass is 363 g/mol. The summed E-state index contributed by atoms with van der Waals surface area (Å²) in [7, 11) is 0. The van der Waals surface area contributed by atoms with E-state index in [0.29, 0.717) is 17.7 Å². The number of imide groups is 1. The largest absolute Gasteiger partial charge is 0.348 e. The average Bonchev–Trinajstić information content (AvgIpc) is 3.15. The Morgan fingerprint density at radius 3 is 2.52 bits per heavy atom. The first-order valence-electron chi connectivity index (χ1n) is 9.03. The van der Waals surface area contributed by atoms with Crippen LogP contribution in [0.2, 0.25) is 0 Å². The fourth-order valence-electron chi connectivity index (χ4n) is 3.90. The van der Waals surface area contributed by atoms with Gasteiger partial charge in [0.15, 0.2) is 0 Å². The molecule has 0 aromatic heterocycles. The van der Waals surface area contributed by atoms with Gasteiger partial charge in [-0.3, -0.25) is 14.5 Å². The second kappa shape index (κ2) is 6.23. The molecule has 0 radical (unpaired) electrons. The van der Waals surface area contributed by atoms with Gasteiger partial charge in [0, 0.05) is 12.1 Å². The molecule has 2 N–H and O–H groups in total. The highest BCUT2D eigenvalue weighted by molar-refractivity contribution is 6.08. The minimum atomic E-state index is -1.13. The molecule has 6 heteroatoms. The molecule has 0 bridgehead atoms. The van der Waals surface area contributed by atoms with Crippen molar-refractivity contribution in [3.8, 4) is 0 Å². The van der Waals surface area contributed by atoms with Gasteiger partial charge >= 0.3 is 6.03 Å². The molecular formula is C21H21N3O3. The molecule has 0 saturated carbocycles. The molecule has 2 aliphatic heterocycles. The van der Waals surface area contributed by atoms with Crippen molar-refractivity contribution in [1.82, 2.24) is 15.5 Å². The molecule has 4 rings (SSSR count). The number of carbonyl (C=O) groups is 3. The Kier molecular flexibility index (Phi) is 3.98. The second-order valence-electron chi connectivity index (χ2n) is 7.32. The van der Waals surface area contributed by atoms with Crippen molar-refractivity contribution in [2.75, 3.05) is 0 Å². The number of carbonyl (C=O) groups excluding carboxylic acids is 3. The van der Waals surface area contributed by atoms with Gasteiger partial charge < -0.3 is 10.6 Å². The van der Waals surface area contributed by atoms with Crippen molar-refractivity contribution in [2.24, 2.45) is 5.92 Å². The Balaban J connectivity index is 1.73. The van der Waals surface area contributed by atoms with Crippen LogP contribution in [-0.2, 0) is 23.4 Å². The van der Waals surface area contributed by atoms with Crippen LogP contribution in [0.15, 0.2) is 48.5 Å². The molecule has 0 spiro atoms. The van der Waals surface area contributed by atoms with Gasteiger partial charge in [-0.25, -0.2) is 4.79 Å². The molecule has 27 heavy (non-hydrogen) atoms. The molecule has 1 saturated heterocycles. The van der Waals surface area contributed by atoms with E-state index >= 15 is 0 Å². The van der Waals surface area contributed by atoms with E-state index in [2.05, 4.69) is 10.6 Å². The second-order valence-corrected chi connectivity index (χ2v) is 7.32. The molecule has 1 fully saturated rings. The van der Waals surface area contributed by atoms with Gasteiger partial charge in [-0.15, -0.1) is 0 Å². The van der Waals surface area contributed by atoms with Gasteiger partial charge in [-0.05, 0) is 28.7 Å². The molecule has 1 unspecified atom stereocenters. The van der Waals surface area contributed by atoms with Crippen LogP contribution in [-0.4, -0.2) is 22.7 Å². The van der Waals surface area contributed by atoms with Gasteiger partial charge in [0.2, 0.25) is 0 Å². The normalized spacial score (nSPS) is 21.4. The number of rotatable bonds is 4. The van der Waals surface area contributed by atoms with Crippen molar-refractivity contribution in [3.05, 3.63) is 70.8 Å². The molecule has 6 nitrogen and oxygen atoms in total. The average molecular weight is 363 g/mol. The van der Waals surface area contributed by atoms with E-state index in [-0.39, 0.29) is 24.3 Å². The topological polar surface area (TPSA) is 78.5 Å². The third-order valence-corrected chi connectivity index (χ3v) is 5.43. The van der Waals surface area contributed by atoms with Crippen molar-refractivity contribution in [1.29, 1.82) is 0 Å². The molecule has 0 aliphatic carbocycles. The lowest BCUT2D eigenvalue weighted by atomic mass is 9.79. The highest BCUT2D eigenvalue weighted by Gasteiger charge is 2.54.